The average molecular weight is 456 g/mol. The van der Waals surface area contributed by atoms with E-state index in [4.69, 9.17) is 4.74 Å². The normalized spacial score (nSPS) is 12.0. The summed E-state index contributed by atoms with van der Waals surface area (Å²) in [5, 5.41) is 6.71. The number of rotatable bonds is 13. The van der Waals surface area contributed by atoms with Gasteiger partial charge in [0.25, 0.3) is 0 Å². The van der Waals surface area contributed by atoms with E-state index < -0.39 is 0 Å². The Morgan fingerprint density at radius 1 is 1.00 bits per heavy atom. The Kier molecular flexibility index (Phi) is 19.3. The Labute approximate surface area is 167 Å². The number of ether oxygens (including phenoxy) is 1. The van der Waals surface area contributed by atoms with Crippen LogP contribution in [-0.2, 0) is 4.74 Å². The summed E-state index contributed by atoms with van der Waals surface area (Å²) < 4.78 is 5.35. The molecular weight excluding hydrogens is 415 g/mol. The molecule has 0 rings (SSSR count). The summed E-state index contributed by atoms with van der Waals surface area (Å²) in [5.74, 6) is 0.935. The first kappa shape index (κ1) is 26.2. The van der Waals surface area contributed by atoms with Gasteiger partial charge in [-0.1, -0.05) is 0 Å². The highest BCUT2D eigenvalue weighted by Crippen LogP contribution is 2.05. The third kappa shape index (κ3) is 14.3. The summed E-state index contributed by atoms with van der Waals surface area (Å²) in [6.45, 7) is 18.7. The van der Waals surface area contributed by atoms with Crippen molar-refractivity contribution >= 4 is 29.9 Å². The topological polar surface area (TPSA) is 48.9 Å². The van der Waals surface area contributed by atoms with Gasteiger partial charge in [-0.25, -0.2) is 0 Å². The van der Waals surface area contributed by atoms with Gasteiger partial charge >= 0.3 is 0 Å². The van der Waals surface area contributed by atoms with Crippen LogP contribution >= 0.6 is 24.0 Å². The third-order valence-corrected chi connectivity index (χ3v) is 3.73. The average Bonchev–Trinajstić information content (AvgIpc) is 2.49. The summed E-state index contributed by atoms with van der Waals surface area (Å²) in [6.07, 6.45) is 3.30. The van der Waals surface area contributed by atoms with E-state index in [0.29, 0.717) is 12.1 Å². The lowest BCUT2D eigenvalue weighted by Crippen LogP contribution is -2.39. The van der Waals surface area contributed by atoms with E-state index in [1.807, 2.05) is 6.92 Å². The quantitative estimate of drug-likeness (QED) is 0.193. The maximum atomic E-state index is 5.35. The Hall–Kier alpha value is -0.0800. The molecule has 0 fully saturated rings. The number of aliphatic imine (C=N–C) groups is 1. The van der Waals surface area contributed by atoms with Crippen LogP contribution in [0.2, 0.25) is 0 Å². The molecule has 0 aliphatic heterocycles. The minimum atomic E-state index is 0. The SMILES string of the molecule is CCNC(=NCCCN(C(C)C)C(C)C)NCCCCOCC.I. The molecular formula is C18H41IN4O. The smallest absolute Gasteiger partial charge is 0.191 e. The molecule has 0 heterocycles. The van der Waals surface area contributed by atoms with Crippen LogP contribution in [0.15, 0.2) is 4.99 Å². The molecule has 0 spiro atoms. The zero-order chi connectivity index (χ0) is 17.5. The monoisotopic (exact) mass is 456 g/mol. The number of unbranched alkanes of at least 4 members (excludes halogenated alkanes) is 1. The van der Waals surface area contributed by atoms with Crippen LogP contribution in [0.1, 0.15) is 60.8 Å². The molecule has 0 amide bonds. The minimum Gasteiger partial charge on any atom is -0.382 e. The highest BCUT2D eigenvalue weighted by atomic mass is 127. The summed E-state index contributed by atoms with van der Waals surface area (Å²) in [4.78, 5) is 7.19. The molecule has 0 aliphatic carbocycles. The van der Waals surface area contributed by atoms with E-state index in [9.17, 15) is 0 Å². The molecule has 0 saturated carbocycles. The highest BCUT2D eigenvalue weighted by Gasteiger charge is 2.12. The molecule has 2 N–H and O–H groups in total. The van der Waals surface area contributed by atoms with Gasteiger partial charge in [-0.05, 0) is 60.8 Å². The number of nitrogens with one attached hydrogen (secondary N) is 2. The van der Waals surface area contributed by atoms with Crippen molar-refractivity contribution in [3.63, 3.8) is 0 Å². The fourth-order valence-corrected chi connectivity index (χ4v) is 2.58. The van der Waals surface area contributed by atoms with Gasteiger partial charge < -0.3 is 15.4 Å². The van der Waals surface area contributed by atoms with Crippen LogP contribution in [0.3, 0.4) is 0 Å². The van der Waals surface area contributed by atoms with Crippen LogP contribution in [0.4, 0.5) is 0 Å². The van der Waals surface area contributed by atoms with Crippen LogP contribution in [0.25, 0.3) is 0 Å². The van der Waals surface area contributed by atoms with Gasteiger partial charge in [0.1, 0.15) is 0 Å². The van der Waals surface area contributed by atoms with Crippen molar-refractivity contribution in [1.29, 1.82) is 0 Å². The van der Waals surface area contributed by atoms with Gasteiger partial charge in [-0.15, -0.1) is 24.0 Å². The summed E-state index contributed by atoms with van der Waals surface area (Å²) in [6, 6.07) is 1.19. The van der Waals surface area contributed by atoms with Crippen LogP contribution in [0, 0.1) is 0 Å². The molecule has 0 saturated heterocycles. The minimum absolute atomic E-state index is 0. The van der Waals surface area contributed by atoms with Crippen molar-refractivity contribution in [2.75, 3.05) is 39.4 Å². The van der Waals surface area contributed by atoms with Crippen molar-refractivity contribution < 1.29 is 4.74 Å². The summed E-state index contributed by atoms with van der Waals surface area (Å²) >= 11 is 0. The molecule has 5 nitrogen and oxygen atoms in total. The van der Waals surface area contributed by atoms with E-state index in [1.54, 1.807) is 0 Å². The van der Waals surface area contributed by atoms with Crippen molar-refractivity contribution in [1.82, 2.24) is 15.5 Å². The predicted octanol–water partition coefficient (Wildman–Crippen LogP) is 3.49. The Bertz CT molecular complexity index is 291. The third-order valence-electron chi connectivity index (χ3n) is 3.73. The Morgan fingerprint density at radius 2 is 1.67 bits per heavy atom. The number of hydrogen-bond acceptors (Lipinski definition) is 3. The van der Waals surface area contributed by atoms with Crippen molar-refractivity contribution in [2.24, 2.45) is 4.99 Å². The molecule has 0 aromatic carbocycles. The lowest BCUT2D eigenvalue weighted by Gasteiger charge is -2.30. The number of guanidine groups is 1. The molecule has 24 heavy (non-hydrogen) atoms. The van der Waals surface area contributed by atoms with E-state index in [0.717, 1.165) is 64.6 Å². The van der Waals surface area contributed by atoms with Gasteiger partial charge in [0.05, 0.1) is 0 Å². The lowest BCUT2D eigenvalue weighted by atomic mass is 10.2. The standard InChI is InChI=1S/C18H40N4O.HI/c1-7-19-18(20-12-9-10-15-23-8-2)21-13-11-14-22(16(3)4)17(5)6;/h16-17H,7-15H2,1-6H3,(H2,19,20,21);1H. The number of nitrogens with zero attached hydrogens (tertiary/aromatic N) is 2. The second kappa shape index (κ2) is 17.7. The van der Waals surface area contributed by atoms with Crippen LogP contribution in [0.5, 0.6) is 0 Å². The van der Waals surface area contributed by atoms with Crippen molar-refractivity contribution in [3.05, 3.63) is 0 Å². The van der Waals surface area contributed by atoms with Gasteiger partial charge in [-0.2, -0.15) is 0 Å². The molecule has 0 aromatic rings. The fourth-order valence-electron chi connectivity index (χ4n) is 2.58. The lowest BCUT2D eigenvalue weighted by molar-refractivity contribution is 0.143. The zero-order valence-corrected chi connectivity index (χ0v) is 19.1. The maximum absolute atomic E-state index is 5.35. The molecule has 0 radical (unpaired) electrons. The summed E-state index contributed by atoms with van der Waals surface area (Å²) in [5.41, 5.74) is 0. The molecule has 146 valence electrons. The molecule has 0 unspecified atom stereocenters. The van der Waals surface area contributed by atoms with Gasteiger partial charge in [0.2, 0.25) is 0 Å². The first-order valence-corrected chi connectivity index (χ1v) is 9.38. The second-order valence-electron chi connectivity index (χ2n) is 6.37. The fraction of sp³-hybridized carbons (Fsp3) is 0.944. The molecule has 6 heteroatoms. The Balaban J connectivity index is 0. The first-order chi connectivity index (χ1) is 11.0. The van der Waals surface area contributed by atoms with E-state index in [2.05, 4.69) is 55.1 Å². The number of hydrogen-bond donors (Lipinski definition) is 2. The summed E-state index contributed by atoms with van der Waals surface area (Å²) in [7, 11) is 0. The van der Waals surface area contributed by atoms with Crippen LogP contribution in [-0.4, -0.2) is 62.3 Å². The largest absolute Gasteiger partial charge is 0.382 e. The van der Waals surface area contributed by atoms with Crippen LogP contribution < -0.4 is 10.6 Å². The van der Waals surface area contributed by atoms with E-state index in [1.165, 1.54) is 0 Å². The van der Waals surface area contributed by atoms with Gasteiger partial charge in [0, 0.05) is 51.5 Å². The maximum Gasteiger partial charge on any atom is 0.191 e. The highest BCUT2D eigenvalue weighted by molar-refractivity contribution is 14.0. The molecule has 0 aromatic heterocycles. The zero-order valence-electron chi connectivity index (χ0n) is 16.7. The van der Waals surface area contributed by atoms with E-state index in [-0.39, 0.29) is 24.0 Å². The molecule has 0 bridgehead atoms. The van der Waals surface area contributed by atoms with Gasteiger partial charge in [-0.3, -0.25) is 9.89 Å². The molecule has 0 atom stereocenters. The number of halogens is 1. The first-order valence-electron chi connectivity index (χ1n) is 9.38. The van der Waals surface area contributed by atoms with Crippen molar-refractivity contribution in [2.45, 2.75) is 72.9 Å². The van der Waals surface area contributed by atoms with Gasteiger partial charge in [0.15, 0.2) is 5.96 Å². The van der Waals surface area contributed by atoms with E-state index >= 15 is 0 Å². The Morgan fingerprint density at radius 3 is 2.21 bits per heavy atom. The predicted molar refractivity (Wildman–Crippen MR) is 117 cm³/mol. The van der Waals surface area contributed by atoms with Crippen molar-refractivity contribution in [3.8, 4) is 0 Å². The molecule has 0 aliphatic rings. The second-order valence-corrected chi connectivity index (χ2v) is 6.37.